The predicted octanol–water partition coefficient (Wildman–Crippen LogP) is 2.66. The fourth-order valence-electron chi connectivity index (χ4n) is 2.44. The van der Waals surface area contributed by atoms with E-state index in [1.807, 2.05) is 13.8 Å². The molecule has 2 aromatic rings. The van der Waals surface area contributed by atoms with Crippen molar-refractivity contribution in [1.82, 2.24) is 5.32 Å². The molecule has 0 bridgehead atoms. The molecular weight excluding hydrogens is 378 g/mol. The van der Waals surface area contributed by atoms with Gasteiger partial charge in [0.05, 0.1) is 24.1 Å². The molecule has 148 valence electrons. The zero-order chi connectivity index (χ0) is 20.7. The number of hydrogen-bond acceptors (Lipinski definition) is 5. The van der Waals surface area contributed by atoms with Gasteiger partial charge >= 0.3 is 0 Å². The van der Waals surface area contributed by atoms with Crippen molar-refractivity contribution in [2.75, 3.05) is 18.2 Å². The van der Waals surface area contributed by atoms with Crippen molar-refractivity contribution in [2.24, 2.45) is 5.73 Å². The second-order valence-electron chi connectivity index (χ2n) is 6.24. The lowest BCUT2D eigenvalue weighted by Gasteiger charge is -2.13. The Morgan fingerprint density at radius 1 is 1.14 bits per heavy atom. The zero-order valence-corrected chi connectivity index (χ0v) is 16.8. The van der Waals surface area contributed by atoms with E-state index >= 15 is 0 Å². The molecule has 2 rings (SSSR count). The van der Waals surface area contributed by atoms with Gasteiger partial charge in [-0.05, 0) is 44.2 Å². The van der Waals surface area contributed by atoms with Crippen LogP contribution in [0, 0.1) is 0 Å². The van der Waals surface area contributed by atoms with Crippen molar-refractivity contribution < 1.29 is 19.1 Å². The van der Waals surface area contributed by atoms with Crippen molar-refractivity contribution in [3.05, 3.63) is 53.6 Å². The Morgan fingerprint density at radius 3 is 2.50 bits per heavy atom. The van der Waals surface area contributed by atoms with Crippen LogP contribution in [-0.4, -0.2) is 36.6 Å². The van der Waals surface area contributed by atoms with Crippen LogP contribution in [0.1, 0.15) is 34.6 Å². The van der Waals surface area contributed by atoms with Crippen molar-refractivity contribution >= 4 is 35.2 Å². The van der Waals surface area contributed by atoms with E-state index in [0.717, 1.165) is 0 Å². The molecule has 0 aliphatic heterocycles. The topological polar surface area (TPSA) is 111 Å². The number of anilines is 1. The van der Waals surface area contributed by atoms with Crippen LogP contribution in [0.25, 0.3) is 0 Å². The van der Waals surface area contributed by atoms with E-state index in [0.29, 0.717) is 21.9 Å². The first kappa shape index (κ1) is 21.3. The average Bonchev–Trinajstić information content (AvgIpc) is 2.65. The summed E-state index contributed by atoms with van der Waals surface area (Å²) in [6.45, 7) is 3.77. The lowest BCUT2D eigenvalue weighted by molar-refractivity contribution is -0.119. The first-order chi connectivity index (χ1) is 13.3. The maximum Gasteiger partial charge on any atom is 0.256 e. The van der Waals surface area contributed by atoms with Crippen LogP contribution in [0.5, 0.6) is 5.75 Å². The molecule has 28 heavy (non-hydrogen) atoms. The predicted molar refractivity (Wildman–Crippen MR) is 110 cm³/mol. The summed E-state index contributed by atoms with van der Waals surface area (Å²) in [5.41, 5.74) is 6.31. The van der Waals surface area contributed by atoms with Gasteiger partial charge in [-0.25, -0.2) is 0 Å². The monoisotopic (exact) mass is 401 g/mol. The third-order valence-electron chi connectivity index (χ3n) is 3.67. The molecule has 0 spiro atoms. The number of carbonyl (C=O) groups excluding carboxylic acids is 3. The van der Waals surface area contributed by atoms with Gasteiger partial charge in [-0.15, -0.1) is 11.8 Å². The zero-order valence-electron chi connectivity index (χ0n) is 15.9. The van der Waals surface area contributed by atoms with Crippen molar-refractivity contribution in [3.8, 4) is 5.75 Å². The van der Waals surface area contributed by atoms with Gasteiger partial charge in [0.1, 0.15) is 5.75 Å². The minimum atomic E-state index is -0.606. The smallest absolute Gasteiger partial charge is 0.256 e. The van der Waals surface area contributed by atoms with Crippen molar-refractivity contribution in [3.63, 3.8) is 0 Å². The van der Waals surface area contributed by atoms with Gasteiger partial charge in [0.15, 0.2) is 0 Å². The highest BCUT2D eigenvalue weighted by Gasteiger charge is 2.16. The van der Waals surface area contributed by atoms with Crippen molar-refractivity contribution in [1.29, 1.82) is 0 Å². The third kappa shape index (κ3) is 5.75. The summed E-state index contributed by atoms with van der Waals surface area (Å²) in [6.07, 6.45) is 0. The van der Waals surface area contributed by atoms with Gasteiger partial charge in [-0.2, -0.15) is 0 Å². The first-order valence-electron chi connectivity index (χ1n) is 8.62. The van der Waals surface area contributed by atoms with E-state index in [4.69, 9.17) is 10.5 Å². The number of primary amides is 1. The Labute approximate surface area is 168 Å². The lowest BCUT2D eigenvalue weighted by Crippen LogP contribution is -2.31. The summed E-state index contributed by atoms with van der Waals surface area (Å²) in [5.74, 6) is -0.494. The number of thioether (sulfide) groups is 1. The standard InChI is InChI=1S/C20H23N3O4S/c1-12(2)22-18(24)11-28-17-7-5-4-6-14(17)20(26)23-15-10-13(19(21)25)8-9-16(15)27-3/h4-10,12H,11H2,1-3H3,(H2,21,25)(H,22,24)(H,23,26). The summed E-state index contributed by atoms with van der Waals surface area (Å²) in [7, 11) is 1.46. The van der Waals surface area contributed by atoms with Crippen LogP contribution in [-0.2, 0) is 4.79 Å². The number of ether oxygens (including phenoxy) is 1. The SMILES string of the molecule is COc1ccc(C(N)=O)cc1NC(=O)c1ccccc1SCC(=O)NC(C)C. The number of benzene rings is 2. The normalized spacial score (nSPS) is 10.4. The first-order valence-corrected chi connectivity index (χ1v) is 9.60. The lowest BCUT2D eigenvalue weighted by atomic mass is 10.1. The van der Waals surface area contributed by atoms with Crippen LogP contribution in [0.3, 0.4) is 0 Å². The van der Waals surface area contributed by atoms with Crippen LogP contribution < -0.4 is 21.1 Å². The second-order valence-corrected chi connectivity index (χ2v) is 7.26. The van der Waals surface area contributed by atoms with Crippen LogP contribution in [0.4, 0.5) is 5.69 Å². The Bertz CT molecular complexity index is 884. The highest BCUT2D eigenvalue weighted by atomic mass is 32.2. The summed E-state index contributed by atoms with van der Waals surface area (Å²) in [6, 6.07) is 11.6. The second kappa shape index (κ2) is 9.80. The molecule has 0 aliphatic carbocycles. The number of rotatable bonds is 8. The van der Waals surface area contributed by atoms with E-state index < -0.39 is 5.91 Å². The highest BCUT2D eigenvalue weighted by molar-refractivity contribution is 8.00. The van der Waals surface area contributed by atoms with Gasteiger partial charge in [-0.1, -0.05) is 12.1 Å². The highest BCUT2D eigenvalue weighted by Crippen LogP contribution is 2.28. The molecule has 0 radical (unpaired) electrons. The van der Waals surface area contributed by atoms with Gasteiger partial charge < -0.3 is 21.1 Å². The van der Waals surface area contributed by atoms with E-state index in [1.54, 1.807) is 30.3 Å². The maximum atomic E-state index is 12.8. The molecule has 0 unspecified atom stereocenters. The Morgan fingerprint density at radius 2 is 1.86 bits per heavy atom. The number of carbonyl (C=O) groups is 3. The molecule has 0 aromatic heterocycles. The molecule has 0 heterocycles. The summed E-state index contributed by atoms with van der Waals surface area (Å²) in [5, 5.41) is 5.56. The fourth-order valence-corrected chi connectivity index (χ4v) is 3.30. The Hall–Kier alpha value is -3.00. The molecule has 0 saturated heterocycles. The van der Waals surface area contributed by atoms with E-state index in [2.05, 4.69) is 10.6 Å². The summed E-state index contributed by atoms with van der Waals surface area (Å²) < 4.78 is 5.24. The molecule has 2 aromatic carbocycles. The molecule has 0 saturated carbocycles. The number of hydrogen-bond donors (Lipinski definition) is 3. The quantitative estimate of drug-likeness (QED) is 0.589. The van der Waals surface area contributed by atoms with Gasteiger partial charge in [0.2, 0.25) is 11.8 Å². The van der Waals surface area contributed by atoms with Crippen molar-refractivity contribution in [2.45, 2.75) is 24.8 Å². The number of nitrogens with one attached hydrogen (secondary N) is 2. The largest absolute Gasteiger partial charge is 0.495 e. The van der Waals surface area contributed by atoms with E-state index in [-0.39, 0.29) is 29.2 Å². The minimum Gasteiger partial charge on any atom is -0.495 e. The van der Waals surface area contributed by atoms with E-state index in [9.17, 15) is 14.4 Å². The van der Waals surface area contributed by atoms with Gasteiger partial charge in [0, 0.05) is 16.5 Å². The van der Waals surface area contributed by atoms with Gasteiger partial charge in [-0.3, -0.25) is 14.4 Å². The summed E-state index contributed by atoms with van der Waals surface area (Å²) >= 11 is 1.28. The molecule has 0 fully saturated rings. The number of nitrogens with two attached hydrogens (primary N) is 1. The Balaban J connectivity index is 2.20. The number of amides is 3. The molecular formula is C20H23N3O4S. The average molecular weight is 401 g/mol. The fraction of sp³-hybridized carbons (Fsp3) is 0.250. The van der Waals surface area contributed by atoms with Crippen LogP contribution >= 0.6 is 11.8 Å². The number of methoxy groups -OCH3 is 1. The Kier molecular flexibility index (Phi) is 7.45. The minimum absolute atomic E-state index is 0.0524. The third-order valence-corrected chi connectivity index (χ3v) is 4.75. The molecule has 3 amide bonds. The molecule has 0 aliphatic rings. The molecule has 7 nitrogen and oxygen atoms in total. The summed E-state index contributed by atoms with van der Waals surface area (Å²) in [4.78, 5) is 36.8. The van der Waals surface area contributed by atoms with Gasteiger partial charge in [0.25, 0.3) is 5.91 Å². The van der Waals surface area contributed by atoms with E-state index in [1.165, 1.54) is 31.0 Å². The van der Waals surface area contributed by atoms with Crippen LogP contribution in [0.2, 0.25) is 0 Å². The van der Waals surface area contributed by atoms with Crippen LogP contribution in [0.15, 0.2) is 47.4 Å². The molecule has 8 heteroatoms. The molecule has 0 atom stereocenters. The maximum absolute atomic E-state index is 12.8. The molecule has 4 N–H and O–H groups in total.